The number of carbonyl (C=O) groups excluding carboxylic acids is 3. The normalized spacial score (nSPS) is 14.5. The van der Waals surface area contributed by atoms with Gasteiger partial charge in [0.2, 0.25) is 17.7 Å². The van der Waals surface area contributed by atoms with Crippen LogP contribution in [0, 0.1) is 0 Å². The van der Waals surface area contributed by atoms with Gasteiger partial charge in [0, 0.05) is 6.42 Å². The van der Waals surface area contributed by atoms with Crippen molar-refractivity contribution in [3.63, 3.8) is 0 Å². The molecule has 1 aromatic rings. The SMILES string of the molecule is CCCC[C@H](N)C(=O)N[C@@H](C)C(=O)N[C@@H](Cc1ccsc1)C(=O)N[C@@H](CCCCN)C(=O)O. The van der Waals surface area contributed by atoms with E-state index >= 15 is 0 Å². The van der Waals surface area contributed by atoms with Gasteiger partial charge >= 0.3 is 5.97 Å². The number of nitrogens with two attached hydrogens (primary N) is 2. The molecule has 0 spiro atoms. The molecule has 0 fully saturated rings. The first-order valence-corrected chi connectivity index (χ1v) is 12.2. The van der Waals surface area contributed by atoms with E-state index in [9.17, 15) is 24.3 Å². The topological polar surface area (TPSA) is 177 Å². The molecule has 3 amide bonds. The Morgan fingerprint density at radius 1 is 1.00 bits per heavy atom. The summed E-state index contributed by atoms with van der Waals surface area (Å²) in [4.78, 5) is 49.4. The number of hydrogen-bond acceptors (Lipinski definition) is 7. The summed E-state index contributed by atoms with van der Waals surface area (Å²) in [6.07, 6.45) is 3.84. The Labute approximate surface area is 198 Å². The van der Waals surface area contributed by atoms with E-state index in [4.69, 9.17) is 11.5 Å². The van der Waals surface area contributed by atoms with Crippen molar-refractivity contribution in [2.75, 3.05) is 6.54 Å². The maximum Gasteiger partial charge on any atom is 0.326 e. The number of rotatable bonds is 16. The fourth-order valence-electron chi connectivity index (χ4n) is 3.11. The maximum absolute atomic E-state index is 12.9. The molecule has 1 heterocycles. The van der Waals surface area contributed by atoms with Gasteiger partial charge in [0.25, 0.3) is 0 Å². The molecule has 0 radical (unpaired) electrons. The van der Waals surface area contributed by atoms with Gasteiger partial charge in [-0.15, -0.1) is 0 Å². The van der Waals surface area contributed by atoms with E-state index in [2.05, 4.69) is 16.0 Å². The molecule has 0 bridgehead atoms. The summed E-state index contributed by atoms with van der Waals surface area (Å²) in [7, 11) is 0. The summed E-state index contributed by atoms with van der Waals surface area (Å²) in [5.74, 6) is -2.75. The first kappa shape index (κ1) is 28.5. The zero-order chi connectivity index (χ0) is 24.8. The molecule has 8 N–H and O–H groups in total. The number of hydrogen-bond donors (Lipinski definition) is 6. The van der Waals surface area contributed by atoms with Gasteiger partial charge in [0.05, 0.1) is 6.04 Å². The van der Waals surface area contributed by atoms with Crippen molar-refractivity contribution in [3.05, 3.63) is 22.4 Å². The Hall–Kier alpha value is -2.50. The average Bonchev–Trinajstić information content (AvgIpc) is 3.29. The first-order valence-electron chi connectivity index (χ1n) is 11.3. The fourth-order valence-corrected chi connectivity index (χ4v) is 3.80. The minimum absolute atomic E-state index is 0.187. The molecule has 1 aromatic heterocycles. The molecule has 186 valence electrons. The van der Waals surface area contributed by atoms with Crippen LogP contribution in [0.1, 0.15) is 57.9 Å². The van der Waals surface area contributed by atoms with Gasteiger partial charge in [-0.3, -0.25) is 14.4 Å². The first-order chi connectivity index (χ1) is 15.7. The molecule has 0 unspecified atom stereocenters. The largest absolute Gasteiger partial charge is 0.480 e. The van der Waals surface area contributed by atoms with Gasteiger partial charge in [-0.25, -0.2) is 4.79 Å². The highest BCUT2D eigenvalue weighted by Gasteiger charge is 2.29. The molecule has 0 aliphatic carbocycles. The van der Waals surface area contributed by atoms with Crippen LogP contribution >= 0.6 is 11.3 Å². The zero-order valence-corrected chi connectivity index (χ0v) is 20.2. The molecule has 4 atom stereocenters. The van der Waals surface area contributed by atoms with Crippen LogP contribution in [0.25, 0.3) is 0 Å². The Kier molecular flexibility index (Phi) is 13.3. The lowest BCUT2D eigenvalue weighted by Gasteiger charge is -2.23. The van der Waals surface area contributed by atoms with Crippen molar-refractivity contribution in [2.45, 2.75) is 83.0 Å². The number of carboxylic acid groups (broad SMARTS) is 1. The second-order valence-electron chi connectivity index (χ2n) is 8.06. The van der Waals surface area contributed by atoms with Crippen LogP contribution in [-0.4, -0.2) is 59.5 Å². The number of thiophene rings is 1. The molecule has 10 nitrogen and oxygen atoms in total. The minimum atomic E-state index is -1.15. The smallest absolute Gasteiger partial charge is 0.326 e. The quantitative estimate of drug-likeness (QED) is 0.185. The Bertz CT molecular complexity index is 758. The standard InChI is InChI=1S/C22H37N5O5S/c1-3-4-7-16(24)20(29)25-14(2)19(28)27-18(12-15-9-11-33-13-15)21(30)26-17(22(31)32)8-5-6-10-23/h9,11,13-14,16-18H,3-8,10,12,23-24H2,1-2H3,(H,25,29)(H,26,30)(H,27,28)(H,31,32)/t14-,16-,17-,18-/m0/s1. The van der Waals surface area contributed by atoms with E-state index in [1.165, 1.54) is 18.3 Å². The predicted molar refractivity (Wildman–Crippen MR) is 128 cm³/mol. The van der Waals surface area contributed by atoms with Crippen LogP contribution in [0.3, 0.4) is 0 Å². The monoisotopic (exact) mass is 483 g/mol. The van der Waals surface area contributed by atoms with E-state index in [-0.39, 0.29) is 12.8 Å². The van der Waals surface area contributed by atoms with Crippen LogP contribution in [0.2, 0.25) is 0 Å². The van der Waals surface area contributed by atoms with Crippen molar-refractivity contribution in [1.82, 2.24) is 16.0 Å². The Morgan fingerprint density at radius 3 is 2.27 bits per heavy atom. The van der Waals surface area contributed by atoms with Crippen molar-refractivity contribution in [2.24, 2.45) is 11.5 Å². The molecule has 0 aliphatic heterocycles. The third-order valence-electron chi connectivity index (χ3n) is 5.17. The summed E-state index contributed by atoms with van der Waals surface area (Å²) < 4.78 is 0. The van der Waals surface area contributed by atoms with Crippen LogP contribution in [0.15, 0.2) is 16.8 Å². The lowest BCUT2D eigenvalue weighted by molar-refractivity contribution is -0.142. The minimum Gasteiger partial charge on any atom is -0.480 e. The van der Waals surface area contributed by atoms with E-state index in [0.717, 1.165) is 18.4 Å². The number of unbranched alkanes of at least 4 members (excludes halogenated alkanes) is 2. The molecule has 0 aliphatic rings. The van der Waals surface area contributed by atoms with Crippen LogP contribution in [0.4, 0.5) is 0 Å². The number of amides is 3. The predicted octanol–water partition coefficient (Wildman–Crippen LogP) is 0.496. The Morgan fingerprint density at radius 2 is 1.70 bits per heavy atom. The number of carboxylic acids is 1. The van der Waals surface area contributed by atoms with E-state index in [1.54, 1.807) is 0 Å². The highest BCUT2D eigenvalue weighted by atomic mass is 32.1. The third kappa shape index (κ3) is 10.8. The molecule has 1 rings (SSSR count). The summed E-state index contributed by atoms with van der Waals surface area (Å²) in [5, 5.41) is 20.9. The van der Waals surface area contributed by atoms with Crippen molar-refractivity contribution < 1.29 is 24.3 Å². The third-order valence-corrected chi connectivity index (χ3v) is 5.90. The van der Waals surface area contributed by atoms with E-state index in [1.807, 2.05) is 23.8 Å². The van der Waals surface area contributed by atoms with Gasteiger partial charge in [-0.05, 0) is 61.5 Å². The highest BCUT2D eigenvalue weighted by molar-refractivity contribution is 7.07. The fraction of sp³-hybridized carbons (Fsp3) is 0.636. The lowest BCUT2D eigenvalue weighted by atomic mass is 10.1. The summed E-state index contributed by atoms with van der Waals surface area (Å²) >= 11 is 1.45. The summed E-state index contributed by atoms with van der Waals surface area (Å²) in [5.41, 5.74) is 12.1. The number of nitrogens with one attached hydrogen (secondary N) is 3. The summed E-state index contributed by atoms with van der Waals surface area (Å²) in [6.45, 7) is 3.93. The van der Waals surface area contributed by atoms with E-state index in [0.29, 0.717) is 25.8 Å². The van der Waals surface area contributed by atoms with Crippen molar-refractivity contribution in [3.8, 4) is 0 Å². The lowest BCUT2D eigenvalue weighted by Crippen LogP contribution is -2.56. The molecular formula is C22H37N5O5S. The van der Waals surface area contributed by atoms with Crippen LogP contribution in [-0.2, 0) is 25.6 Å². The molecule has 0 saturated carbocycles. The summed E-state index contributed by atoms with van der Waals surface area (Å²) in [6, 6.07) is -1.89. The highest BCUT2D eigenvalue weighted by Crippen LogP contribution is 2.10. The molecule has 11 heteroatoms. The second kappa shape index (κ2) is 15.4. The van der Waals surface area contributed by atoms with Crippen molar-refractivity contribution >= 4 is 35.0 Å². The zero-order valence-electron chi connectivity index (χ0n) is 19.3. The van der Waals surface area contributed by atoms with Gasteiger partial charge in [-0.1, -0.05) is 19.8 Å². The molecule has 0 saturated heterocycles. The number of aliphatic carboxylic acids is 1. The van der Waals surface area contributed by atoms with Gasteiger partial charge < -0.3 is 32.5 Å². The number of carbonyl (C=O) groups is 4. The molecule has 0 aromatic carbocycles. The van der Waals surface area contributed by atoms with Gasteiger partial charge in [0.1, 0.15) is 18.1 Å². The van der Waals surface area contributed by atoms with Crippen LogP contribution in [0.5, 0.6) is 0 Å². The molecule has 33 heavy (non-hydrogen) atoms. The van der Waals surface area contributed by atoms with Gasteiger partial charge in [-0.2, -0.15) is 11.3 Å². The average molecular weight is 484 g/mol. The maximum atomic E-state index is 12.9. The van der Waals surface area contributed by atoms with E-state index < -0.39 is 47.9 Å². The Balaban J connectivity index is 2.82. The van der Waals surface area contributed by atoms with Crippen molar-refractivity contribution in [1.29, 1.82) is 0 Å². The van der Waals surface area contributed by atoms with Crippen LogP contribution < -0.4 is 27.4 Å². The molecular weight excluding hydrogens is 446 g/mol. The second-order valence-corrected chi connectivity index (χ2v) is 8.84. The van der Waals surface area contributed by atoms with Gasteiger partial charge in [0.15, 0.2) is 0 Å².